The van der Waals surface area contributed by atoms with E-state index in [1.54, 1.807) is 0 Å². The van der Waals surface area contributed by atoms with Gasteiger partial charge in [0.1, 0.15) is 0 Å². The number of hydrogen-bond acceptors (Lipinski definition) is 4. The van der Waals surface area contributed by atoms with E-state index in [1.165, 1.54) is 0 Å². The first kappa shape index (κ1) is 9.65. The fourth-order valence-corrected chi connectivity index (χ4v) is 1.74. The second kappa shape index (κ2) is 4.09. The molecular formula is C10H17N3O. The smallest absolute Gasteiger partial charge is 0.226 e. The Balaban J connectivity index is 2.01. The maximum atomic E-state index is 5.20. The standard InChI is InChI=1S/C10H17N3O/c1-7(2)5-9-12-10(13-14-9)8-3-4-11-6-8/h7-8,11H,3-6H2,1-2H3/t8-/m0/s1. The Bertz CT molecular complexity index is 289. The van der Waals surface area contributed by atoms with Crippen molar-refractivity contribution < 1.29 is 4.52 Å². The lowest BCUT2D eigenvalue weighted by Gasteiger charge is -1.99. The zero-order chi connectivity index (χ0) is 9.97. The van der Waals surface area contributed by atoms with Gasteiger partial charge in [-0.05, 0) is 18.9 Å². The first-order valence-corrected chi connectivity index (χ1v) is 5.29. The third kappa shape index (κ3) is 2.12. The van der Waals surface area contributed by atoms with E-state index < -0.39 is 0 Å². The van der Waals surface area contributed by atoms with Crippen LogP contribution in [0.3, 0.4) is 0 Å². The fourth-order valence-electron chi connectivity index (χ4n) is 1.74. The number of hydrogen-bond donors (Lipinski definition) is 1. The van der Waals surface area contributed by atoms with Crippen LogP contribution in [0.5, 0.6) is 0 Å². The van der Waals surface area contributed by atoms with Crippen molar-refractivity contribution in [2.24, 2.45) is 5.92 Å². The van der Waals surface area contributed by atoms with E-state index in [9.17, 15) is 0 Å². The molecule has 0 aliphatic carbocycles. The maximum absolute atomic E-state index is 5.20. The lowest BCUT2D eigenvalue weighted by molar-refractivity contribution is 0.356. The van der Waals surface area contributed by atoms with Gasteiger partial charge in [-0.1, -0.05) is 19.0 Å². The summed E-state index contributed by atoms with van der Waals surface area (Å²) in [6, 6.07) is 0. The average molecular weight is 195 g/mol. The number of rotatable bonds is 3. The van der Waals surface area contributed by atoms with Crippen molar-refractivity contribution in [3.05, 3.63) is 11.7 Å². The minimum Gasteiger partial charge on any atom is -0.339 e. The van der Waals surface area contributed by atoms with Crippen molar-refractivity contribution in [2.75, 3.05) is 13.1 Å². The predicted octanol–water partition coefficient (Wildman–Crippen LogP) is 1.34. The monoisotopic (exact) mass is 195 g/mol. The third-order valence-corrected chi connectivity index (χ3v) is 2.49. The summed E-state index contributed by atoms with van der Waals surface area (Å²) in [7, 11) is 0. The quantitative estimate of drug-likeness (QED) is 0.791. The Hall–Kier alpha value is -0.900. The number of nitrogens with zero attached hydrogens (tertiary/aromatic N) is 2. The highest BCUT2D eigenvalue weighted by atomic mass is 16.5. The minimum atomic E-state index is 0.458. The predicted molar refractivity (Wildman–Crippen MR) is 53.1 cm³/mol. The van der Waals surface area contributed by atoms with Gasteiger partial charge in [-0.25, -0.2) is 0 Å². The van der Waals surface area contributed by atoms with Gasteiger partial charge in [0.25, 0.3) is 0 Å². The summed E-state index contributed by atoms with van der Waals surface area (Å²) < 4.78 is 5.20. The molecule has 2 rings (SSSR count). The Morgan fingerprint density at radius 2 is 2.43 bits per heavy atom. The van der Waals surface area contributed by atoms with E-state index in [-0.39, 0.29) is 0 Å². The SMILES string of the molecule is CC(C)Cc1nc([C@H]2CCNC2)no1. The summed E-state index contributed by atoms with van der Waals surface area (Å²) in [5, 5.41) is 7.32. The number of aromatic nitrogens is 2. The molecule has 1 saturated heterocycles. The first-order valence-electron chi connectivity index (χ1n) is 5.29. The molecule has 0 radical (unpaired) electrons. The Kier molecular flexibility index (Phi) is 2.82. The molecule has 1 aliphatic rings. The van der Waals surface area contributed by atoms with E-state index in [2.05, 4.69) is 29.3 Å². The summed E-state index contributed by atoms with van der Waals surface area (Å²) in [4.78, 5) is 4.41. The van der Waals surface area contributed by atoms with Crippen LogP contribution in [0.15, 0.2) is 4.52 Å². The molecule has 78 valence electrons. The van der Waals surface area contributed by atoms with Gasteiger partial charge in [-0.15, -0.1) is 0 Å². The van der Waals surface area contributed by atoms with Gasteiger partial charge >= 0.3 is 0 Å². The first-order chi connectivity index (χ1) is 6.75. The summed E-state index contributed by atoms with van der Waals surface area (Å²) in [6.45, 7) is 6.36. The molecule has 4 nitrogen and oxygen atoms in total. The van der Waals surface area contributed by atoms with Crippen molar-refractivity contribution >= 4 is 0 Å². The largest absolute Gasteiger partial charge is 0.339 e. The molecular weight excluding hydrogens is 178 g/mol. The van der Waals surface area contributed by atoms with Gasteiger partial charge in [0.05, 0.1) is 0 Å². The molecule has 0 spiro atoms. The van der Waals surface area contributed by atoms with Gasteiger partial charge in [-0.2, -0.15) is 4.98 Å². The van der Waals surface area contributed by atoms with Crippen LogP contribution in [0.25, 0.3) is 0 Å². The second-order valence-electron chi connectivity index (χ2n) is 4.33. The molecule has 0 saturated carbocycles. The van der Waals surface area contributed by atoms with Crippen LogP contribution in [-0.2, 0) is 6.42 Å². The zero-order valence-corrected chi connectivity index (χ0v) is 8.79. The molecule has 1 N–H and O–H groups in total. The highest BCUT2D eigenvalue weighted by Gasteiger charge is 2.21. The van der Waals surface area contributed by atoms with Crippen molar-refractivity contribution in [3.8, 4) is 0 Å². The fraction of sp³-hybridized carbons (Fsp3) is 0.800. The molecule has 4 heteroatoms. The molecule has 14 heavy (non-hydrogen) atoms. The molecule has 1 aromatic heterocycles. The van der Waals surface area contributed by atoms with Crippen molar-refractivity contribution in [1.82, 2.24) is 15.5 Å². The summed E-state index contributed by atoms with van der Waals surface area (Å²) >= 11 is 0. The summed E-state index contributed by atoms with van der Waals surface area (Å²) in [5.74, 6) is 2.69. The molecule has 0 amide bonds. The lowest BCUT2D eigenvalue weighted by Crippen LogP contribution is -2.08. The van der Waals surface area contributed by atoms with Crippen LogP contribution in [0.1, 0.15) is 37.9 Å². The van der Waals surface area contributed by atoms with Crippen LogP contribution in [-0.4, -0.2) is 23.2 Å². The molecule has 1 aliphatic heterocycles. The van der Waals surface area contributed by atoms with Gasteiger partial charge < -0.3 is 9.84 Å². The molecule has 0 bridgehead atoms. The normalized spacial score (nSPS) is 22.1. The van der Waals surface area contributed by atoms with Crippen molar-refractivity contribution in [3.63, 3.8) is 0 Å². The second-order valence-corrected chi connectivity index (χ2v) is 4.33. The van der Waals surface area contributed by atoms with E-state index in [4.69, 9.17) is 4.52 Å². The van der Waals surface area contributed by atoms with Gasteiger partial charge in [-0.3, -0.25) is 0 Å². The van der Waals surface area contributed by atoms with Crippen LogP contribution in [0.2, 0.25) is 0 Å². The molecule has 1 aromatic rings. The average Bonchev–Trinajstić information content (AvgIpc) is 2.69. The third-order valence-electron chi connectivity index (χ3n) is 2.49. The summed E-state index contributed by atoms with van der Waals surface area (Å²) in [6.07, 6.45) is 2.01. The molecule has 2 heterocycles. The van der Waals surface area contributed by atoms with Crippen molar-refractivity contribution in [2.45, 2.75) is 32.6 Å². The van der Waals surface area contributed by atoms with E-state index in [0.717, 1.165) is 37.6 Å². The minimum absolute atomic E-state index is 0.458. The van der Waals surface area contributed by atoms with Gasteiger partial charge in [0.15, 0.2) is 5.82 Å². The lowest BCUT2D eigenvalue weighted by atomic mass is 10.1. The van der Waals surface area contributed by atoms with E-state index in [0.29, 0.717) is 11.8 Å². The zero-order valence-electron chi connectivity index (χ0n) is 8.79. The van der Waals surface area contributed by atoms with Crippen LogP contribution in [0.4, 0.5) is 0 Å². The van der Waals surface area contributed by atoms with E-state index >= 15 is 0 Å². The Labute approximate surface area is 84.1 Å². The number of nitrogens with one attached hydrogen (secondary N) is 1. The molecule has 0 unspecified atom stereocenters. The van der Waals surface area contributed by atoms with Crippen molar-refractivity contribution in [1.29, 1.82) is 0 Å². The molecule has 1 fully saturated rings. The molecule has 1 atom stereocenters. The maximum Gasteiger partial charge on any atom is 0.226 e. The Morgan fingerprint density at radius 3 is 3.07 bits per heavy atom. The van der Waals surface area contributed by atoms with Gasteiger partial charge in [0.2, 0.25) is 5.89 Å². The Morgan fingerprint density at radius 1 is 1.57 bits per heavy atom. The van der Waals surface area contributed by atoms with Crippen LogP contribution < -0.4 is 5.32 Å². The van der Waals surface area contributed by atoms with Gasteiger partial charge in [0, 0.05) is 18.9 Å². The van der Waals surface area contributed by atoms with Crippen LogP contribution in [0, 0.1) is 5.92 Å². The summed E-state index contributed by atoms with van der Waals surface area (Å²) in [5.41, 5.74) is 0. The highest BCUT2D eigenvalue weighted by Crippen LogP contribution is 2.19. The topological polar surface area (TPSA) is 51.0 Å². The highest BCUT2D eigenvalue weighted by molar-refractivity contribution is 4.99. The van der Waals surface area contributed by atoms with E-state index in [1.807, 2.05) is 0 Å². The van der Waals surface area contributed by atoms with Crippen LogP contribution >= 0.6 is 0 Å². The molecule has 0 aromatic carbocycles.